The van der Waals surface area contributed by atoms with E-state index in [4.69, 9.17) is 5.11 Å². The summed E-state index contributed by atoms with van der Waals surface area (Å²) in [5.41, 5.74) is 0.920. The van der Waals surface area contributed by atoms with Gasteiger partial charge in [0, 0.05) is 26.2 Å². The van der Waals surface area contributed by atoms with Gasteiger partial charge in [-0.25, -0.2) is 4.79 Å². The van der Waals surface area contributed by atoms with Gasteiger partial charge in [0.2, 0.25) is 0 Å². The van der Waals surface area contributed by atoms with Crippen molar-refractivity contribution in [2.45, 2.75) is 12.3 Å². The molecule has 5 heteroatoms. The number of benzene rings is 1. The van der Waals surface area contributed by atoms with Crippen molar-refractivity contribution in [2.24, 2.45) is 0 Å². The topological polar surface area (TPSA) is 40.5 Å². The average Bonchev–Trinajstić information content (AvgIpc) is 2.17. The van der Waals surface area contributed by atoms with Gasteiger partial charge in [-0.1, -0.05) is 18.2 Å². The average molecular weight is 229 g/mol. The van der Waals surface area contributed by atoms with Crippen LogP contribution < -0.4 is 4.90 Å². The number of halogens is 2. The summed E-state index contributed by atoms with van der Waals surface area (Å²) in [4.78, 5) is 12.0. The maximum atomic E-state index is 13.1. The summed E-state index contributed by atoms with van der Waals surface area (Å²) in [6, 6.07) is 6.51. The van der Waals surface area contributed by atoms with Gasteiger partial charge in [0.1, 0.15) is 0 Å². The maximum absolute atomic E-state index is 13.1. The molecule has 0 saturated carbocycles. The van der Waals surface area contributed by atoms with Crippen LogP contribution in [0.15, 0.2) is 24.3 Å². The number of rotatable bonds is 4. The van der Waals surface area contributed by atoms with Crippen molar-refractivity contribution < 1.29 is 18.7 Å². The summed E-state index contributed by atoms with van der Waals surface area (Å²) in [6.07, 6.45) is -0.795. The summed E-state index contributed by atoms with van der Waals surface area (Å²) >= 11 is 0. The van der Waals surface area contributed by atoms with Crippen molar-refractivity contribution in [1.82, 2.24) is 0 Å². The van der Waals surface area contributed by atoms with Crippen molar-refractivity contribution in [3.05, 3.63) is 29.8 Å². The van der Waals surface area contributed by atoms with Crippen LogP contribution in [0.1, 0.15) is 5.56 Å². The molecular weight excluding hydrogens is 216 g/mol. The summed E-state index contributed by atoms with van der Waals surface area (Å²) in [7, 11) is 3.44. The largest absolute Gasteiger partial charge is 0.477 e. The van der Waals surface area contributed by atoms with Crippen LogP contribution in [0.3, 0.4) is 0 Å². The molecule has 3 nitrogen and oxygen atoms in total. The molecule has 1 aromatic rings. The Kier molecular flexibility index (Phi) is 3.47. The van der Waals surface area contributed by atoms with E-state index in [-0.39, 0.29) is 0 Å². The van der Waals surface area contributed by atoms with Crippen LogP contribution in [0.25, 0.3) is 0 Å². The van der Waals surface area contributed by atoms with Gasteiger partial charge in [0.05, 0.1) is 0 Å². The van der Waals surface area contributed by atoms with E-state index in [0.717, 1.165) is 0 Å². The molecule has 0 fully saturated rings. The number of aliphatic carboxylic acids is 1. The first-order valence-corrected chi connectivity index (χ1v) is 4.71. The van der Waals surface area contributed by atoms with Crippen LogP contribution in [0.4, 0.5) is 14.5 Å². The van der Waals surface area contributed by atoms with Crippen LogP contribution in [0.5, 0.6) is 0 Å². The predicted molar refractivity (Wildman–Crippen MR) is 57.1 cm³/mol. The van der Waals surface area contributed by atoms with Gasteiger partial charge in [-0.05, 0) is 11.6 Å². The zero-order chi connectivity index (χ0) is 12.3. The predicted octanol–water partition coefficient (Wildman–Crippen LogP) is 2.01. The number of nitrogens with zero attached hydrogens (tertiary/aromatic N) is 1. The molecule has 1 N–H and O–H groups in total. The number of hydrogen-bond donors (Lipinski definition) is 1. The normalized spacial score (nSPS) is 11.2. The zero-order valence-electron chi connectivity index (χ0n) is 9.08. The van der Waals surface area contributed by atoms with E-state index in [1.54, 1.807) is 37.2 Å². The zero-order valence-corrected chi connectivity index (χ0v) is 9.08. The van der Waals surface area contributed by atoms with E-state index in [1.165, 1.54) is 6.07 Å². The Morgan fingerprint density at radius 1 is 1.38 bits per heavy atom. The highest BCUT2D eigenvalue weighted by Gasteiger charge is 2.39. The number of para-hydroxylation sites is 1. The highest BCUT2D eigenvalue weighted by atomic mass is 19.3. The molecular formula is C11H13F2NO2. The van der Waals surface area contributed by atoms with Crippen LogP contribution >= 0.6 is 0 Å². The first kappa shape index (κ1) is 12.4. The first-order valence-electron chi connectivity index (χ1n) is 4.71. The second kappa shape index (κ2) is 4.47. The standard InChI is InChI=1S/C11H13F2NO2/c1-14(2)9-6-4-3-5-8(9)7-11(12,13)10(15)16/h3-6H,7H2,1-2H3,(H,15,16). The molecule has 0 aliphatic rings. The third-order valence-electron chi connectivity index (χ3n) is 2.20. The Hall–Kier alpha value is -1.65. The number of carboxylic acids is 1. The van der Waals surface area contributed by atoms with Crippen LogP contribution in [0.2, 0.25) is 0 Å². The Labute approximate surface area is 92.3 Å². The number of carbonyl (C=O) groups is 1. The van der Waals surface area contributed by atoms with Gasteiger partial charge in [0.25, 0.3) is 0 Å². The Morgan fingerprint density at radius 3 is 2.44 bits per heavy atom. The van der Waals surface area contributed by atoms with E-state index in [0.29, 0.717) is 11.3 Å². The molecule has 16 heavy (non-hydrogen) atoms. The Balaban J connectivity index is 3.01. The molecule has 0 spiro atoms. The molecule has 0 heterocycles. The lowest BCUT2D eigenvalue weighted by molar-refractivity contribution is -0.164. The van der Waals surface area contributed by atoms with E-state index < -0.39 is 18.3 Å². The van der Waals surface area contributed by atoms with Gasteiger partial charge >= 0.3 is 11.9 Å². The third kappa shape index (κ3) is 2.68. The van der Waals surface area contributed by atoms with E-state index in [1.807, 2.05) is 0 Å². The van der Waals surface area contributed by atoms with Crippen molar-refractivity contribution in [3.8, 4) is 0 Å². The molecule has 1 rings (SSSR count). The smallest absolute Gasteiger partial charge is 0.374 e. The van der Waals surface area contributed by atoms with Crippen molar-refractivity contribution in [3.63, 3.8) is 0 Å². The molecule has 0 aliphatic carbocycles. The first-order chi connectivity index (χ1) is 7.34. The lowest BCUT2D eigenvalue weighted by Crippen LogP contribution is -2.31. The molecule has 0 radical (unpaired) electrons. The summed E-state index contributed by atoms with van der Waals surface area (Å²) in [5.74, 6) is -5.83. The van der Waals surface area contributed by atoms with Crippen LogP contribution in [-0.4, -0.2) is 31.1 Å². The lowest BCUT2D eigenvalue weighted by atomic mass is 10.0. The number of hydrogen-bond acceptors (Lipinski definition) is 2. The monoisotopic (exact) mass is 229 g/mol. The van der Waals surface area contributed by atoms with Crippen LogP contribution in [-0.2, 0) is 11.2 Å². The number of anilines is 1. The Bertz CT molecular complexity index is 391. The maximum Gasteiger partial charge on any atom is 0.374 e. The quantitative estimate of drug-likeness (QED) is 0.858. The second-order valence-electron chi connectivity index (χ2n) is 3.71. The van der Waals surface area contributed by atoms with E-state index in [9.17, 15) is 13.6 Å². The fourth-order valence-electron chi connectivity index (χ4n) is 1.41. The van der Waals surface area contributed by atoms with E-state index in [2.05, 4.69) is 0 Å². The minimum atomic E-state index is -3.73. The molecule has 0 bridgehead atoms. The number of alkyl halides is 2. The molecule has 88 valence electrons. The molecule has 0 saturated heterocycles. The third-order valence-corrected chi connectivity index (χ3v) is 2.20. The van der Waals surface area contributed by atoms with Crippen molar-refractivity contribution in [1.29, 1.82) is 0 Å². The second-order valence-corrected chi connectivity index (χ2v) is 3.71. The lowest BCUT2D eigenvalue weighted by Gasteiger charge is -2.19. The highest BCUT2D eigenvalue weighted by molar-refractivity contribution is 5.76. The van der Waals surface area contributed by atoms with Gasteiger partial charge < -0.3 is 10.0 Å². The highest BCUT2D eigenvalue weighted by Crippen LogP contribution is 2.26. The van der Waals surface area contributed by atoms with E-state index >= 15 is 0 Å². The van der Waals surface area contributed by atoms with Crippen molar-refractivity contribution >= 4 is 11.7 Å². The molecule has 0 amide bonds. The fraction of sp³-hybridized carbons (Fsp3) is 0.364. The SMILES string of the molecule is CN(C)c1ccccc1CC(F)(F)C(=O)O. The molecule has 0 unspecified atom stereocenters. The minimum absolute atomic E-state index is 0.319. The number of carboxylic acid groups (broad SMARTS) is 1. The molecule has 0 aliphatic heterocycles. The van der Waals surface area contributed by atoms with Crippen molar-refractivity contribution in [2.75, 3.05) is 19.0 Å². The molecule has 0 aromatic heterocycles. The molecule has 1 aromatic carbocycles. The summed E-state index contributed by atoms with van der Waals surface area (Å²) in [6.45, 7) is 0. The Morgan fingerprint density at radius 2 is 1.94 bits per heavy atom. The minimum Gasteiger partial charge on any atom is -0.477 e. The van der Waals surface area contributed by atoms with Crippen LogP contribution in [0, 0.1) is 0 Å². The summed E-state index contributed by atoms with van der Waals surface area (Å²) < 4.78 is 26.1. The molecule has 0 atom stereocenters. The summed E-state index contributed by atoms with van der Waals surface area (Å²) in [5, 5.41) is 8.37. The van der Waals surface area contributed by atoms with Gasteiger partial charge in [0.15, 0.2) is 0 Å². The van der Waals surface area contributed by atoms with Gasteiger partial charge in [-0.3, -0.25) is 0 Å². The van der Waals surface area contributed by atoms with Gasteiger partial charge in [-0.2, -0.15) is 8.78 Å². The fourth-order valence-corrected chi connectivity index (χ4v) is 1.41. The van der Waals surface area contributed by atoms with Gasteiger partial charge in [-0.15, -0.1) is 0 Å².